The van der Waals surface area contributed by atoms with Crippen LogP contribution >= 0.6 is 24.0 Å². The molecule has 1 aliphatic heterocycles. The number of halogens is 1. The van der Waals surface area contributed by atoms with E-state index in [0.29, 0.717) is 0 Å². The van der Waals surface area contributed by atoms with E-state index in [9.17, 15) is 0 Å². The van der Waals surface area contributed by atoms with Crippen LogP contribution in [0.25, 0.3) is 0 Å². The van der Waals surface area contributed by atoms with E-state index in [0.717, 1.165) is 64.7 Å². The van der Waals surface area contributed by atoms with Crippen molar-refractivity contribution in [2.75, 3.05) is 39.5 Å². The van der Waals surface area contributed by atoms with Gasteiger partial charge in [0.15, 0.2) is 5.96 Å². The Balaban J connectivity index is 0.00000288. The fourth-order valence-electron chi connectivity index (χ4n) is 2.42. The Hall–Kier alpha value is -0.870. The number of aryl methyl sites for hydroxylation is 1. The second-order valence-corrected chi connectivity index (χ2v) is 5.67. The molecule has 1 aromatic heterocycles. The second kappa shape index (κ2) is 12.5. The molecule has 0 radical (unpaired) electrons. The highest BCUT2D eigenvalue weighted by Gasteiger charge is 2.15. The summed E-state index contributed by atoms with van der Waals surface area (Å²) in [4.78, 5) is 4.58. The third-order valence-electron chi connectivity index (χ3n) is 3.62. The van der Waals surface area contributed by atoms with Gasteiger partial charge in [-0.25, -0.2) is 0 Å². The van der Waals surface area contributed by atoms with E-state index in [1.807, 2.05) is 24.1 Å². The van der Waals surface area contributed by atoms with E-state index in [-0.39, 0.29) is 30.1 Å². The van der Waals surface area contributed by atoms with Crippen LogP contribution in [0.1, 0.15) is 25.3 Å². The molecule has 0 aliphatic carbocycles. The van der Waals surface area contributed by atoms with Gasteiger partial charge in [0.25, 0.3) is 0 Å². The molecule has 0 saturated carbocycles. The molecule has 0 spiro atoms. The number of aliphatic imine (C=N–C) groups is 1. The smallest absolute Gasteiger partial charge is 0.191 e. The van der Waals surface area contributed by atoms with Crippen molar-refractivity contribution in [3.05, 3.63) is 18.0 Å². The Morgan fingerprint density at radius 1 is 1.50 bits per heavy atom. The monoisotopic (exact) mass is 451 g/mol. The van der Waals surface area contributed by atoms with Gasteiger partial charge in [-0.05, 0) is 31.7 Å². The normalized spacial score (nSPS) is 17.6. The molecular weight excluding hydrogens is 421 g/mol. The van der Waals surface area contributed by atoms with Crippen LogP contribution in [-0.2, 0) is 22.9 Å². The average molecular weight is 451 g/mol. The van der Waals surface area contributed by atoms with Crippen LogP contribution in [0.3, 0.4) is 0 Å². The summed E-state index contributed by atoms with van der Waals surface area (Å²) >= 11 is 0. The summed E-state index contributed by atoms with van der Waals surface area (Å²) in [5.41, 5.74) is 1.23. The maximum atomic E-state index is 5.74. The van der Waals surface area contributed by atoms with Crippen LogP contribution in [0.5, 0.6) is 0 Å². The Kier molecular flexibility index (Phi) is 11.0. The summed E-state index contributed by atoms with van der Waals surface area (Å²) in [5, 5.41) is 10.8. The number of hydrogen-bond acceptors (Lipinski definition) is 4. The molecule has 1 aromatic rings. The molecule has 1 saturated heterocycles. The standard InChI is InChI=1S/C16H29N5O2.HI/c1-3-17-16(19-8-5-14-11-20-21(2)12-14)18-7-4-9-23-15-6-10-22-13-15;/h11-12,15H,3-10,13H2,1-2H3,(H2,17,18,19);1H. The number of rotatable bonds is 9. The van der Waals surface area contributed by atoms with Gasteiger partial charge in [-0.2, -0.15) is 5.10 Å². The molecule has 0 bridgehead atoms. The van der Waals surface area contributed by atoms with Crippen LogP contribution in [0.4, 0.5) is 0 Å². The molecule has 2 rings (SSSR count). The van der Waals surface area contributed by atoms with Gasteiger partial charge in [-0.15, -0.1) is 24.0 Å². The molecule has 2 heterocycles. The fourth-order valence-corrected chi connectivity index (χ4v) is 2.42. The van der Waals surface area contributed by atoms with E-state index in [1.165, 1.54) is 5.56 Å². The fraction of sp³-hybridized carbons (Fsp3) is 0.750. The maximum Gasteiger partial charge on any atom is 0.191 e. The van der Waals surface area contributed by atoms with E-state index in [1.54, 1.807) is 0 Å². The first-order chi connectivity index (χ1) is 11.3. The number of ether oxygens (including phenoxy) is 2. The molecule has 138 valence electrons. The minimum atomic E-state index is 0. The van der Waals surface area contributed by atoms with Gasteiger partial charge >= 0.3 is 0 Å². The summed E-state index contributed by atoms with van der Waals surface area (Å²) in [5.74, 6) is 0.862. The first-order valence-corrected chi connectivity index (χ1v) is 8.47. The summed E-state index contributed by atoms with van der Waals surface area (Å²) in [6.07, 6.45) is 7.09. The Labute approximate surface area is 161 Å². The van der Waals surface area contributed by atoms with Crippen molar-refractivity contribution in [1.82, 2.24) is 20.4 Å². The minimum absolute atomic E-state index is 0. The first-order valence-electron chi connectivity index (χ1n) is 8.47. The van der Waals surface area contributed by atoms with Crippen LogP contribution in [0, 0.1) is 0 Å². The molecule has 7 nitrogen and oxygen atoms in total. The molecule has 1 atom stereocenters. The van der Waals surface area contributed by atoms with Gasteiger partial charge in [0.1, 0.15) is 0 Å². The highest BCUT2D eigenvalue weighted by molar-refractivity contribution is 14.0. The van der Waals surface area contributed by atoms with Crippen molar-refractivity contribution in [1.29, 1.82) is 0 Å². The van der Waals surface area contributed by atoms with Gasteiger partial charge in [-0.1, -0.05) is 0 Å². The lowest BCUT2D eigenvalue weighted by Crippen LogP contribution is -2.38. The van der Waals surface area contributed by atoms with Crippen molar-refractivity contribution in [3.63, 3.8) is 0 Å². The SMILES string of the molecule is CCNC(=NCCCOC1CCOC1)NCCc1cnn(C)c1.I. The van der Waals surface area contributed by atoms with Gasteiger partial charge in [0, 0.05) is 46.1 Å². The Morgan fingerprint density at radius 3 is 3.04 bits per heavy atom. The lowest BCUT2D eigenvalue weighted by molar-refractivity contribution is 0.0424. The summed E-state index contributed by atoms with van der Waals surface area (Å²) in [7, 11) is 1.93. The van der Waals surface area contributed by atoms with Crippen LogP contribution in [0.15, 0.2) is 17.4 Å². The zero-order chi connectivity index (χ0) is 16.3. The third kappa shape index (κ3) is 8.29. The number of nitrogens with one attached hydrogen (secondary N) is 2. The number of hydrogen-bond donors (Lipinski definition) is 2. The van der Waals surface area contributed by atoms with Crippen LogP contribution in [-0.4, -0.2) is 61.3 Å². The predicted octanol–water partition coefficient (Wildman–Crippen LogP) is 1.33. The summed E-state index contributed by atoms with van der Waals surface area (Å²) < 4.78 is 12.9. The molecule has 8 heteroatoms. The van der Waals surface area contributed by atoms with Gasteiger partial charge in [0.05, 0.1) is 18.9 Å². The van der Waals surface area contributed by atoms with E-state index in [4.69, 9.17) is 9.47 Å². The molecular formula is C16H30IN5O2. The van der Waals surface area contributed by atoms with Crippen molar-refractivity contribution in [2.45, 2.75) is 32.3 Å². The third-order valence-corrected chi connectivity index (χ3v) is 3.62. The topological polar surface area (TPSA) is 72.7 Å². The Bertz CT molecular complexity index is 475. The zero-order valence-electron chi connectivity index (χ0n) is 14.7. The molecule has 1 fully saturated rings. The molecule has 0 amide bonds. The zero-order valence-corrected chi connectivity index (χ0v) is 17.0. The minimum Gasteiger partial charge on any atom is -0.379 e. The highest BCUT2D eigenvalue weighted by Crippen LogP contribution is 2.08. The van der Waals surface area contributed by atoms with Crippen LogP contribution < -0.4 is 10.6 Å². The van der Waals surface area contributed by atoms with Gasteiger partial charge in [0.2, 0.25) is 0 Å². The molecule has 24 heavy (non-hydrogen) atoms. The highest BCUT2D eigenvalue weighted by atomic mass is 127. The van der Waals surface area contributed by atoms with Crippen molar-refractivity contribution >= 4 is 29.9 Å². The number of aromatic nitrogens is 2. The summed E-state index contributed by atoms with van der Waals surface area (Å²) in [6.45, 7) is 6.84. The molecule has 1 aliphatic rings. The van der Waals surface area contributed by atoms with E-state index < -0.39 is 0 Å². The average Bonchev–Trinajstić information content (AvgIpc) is 3.19. The first kappa shape index (κ1) is 21.2. The van der Waals surface area contributed by atoms with Crippen molar-refractivity contribution in [2.24, 2.45) is 12.0 Å². The van der Waals surface area contributed by atoms with Gasteiger partial charge < -0.3 is 20.1 Å². The second-order valence-electron chi connectivity index (χ2n) is 5.67. The number of nitrogens with zero attached hydrogens (tertiary/aromatic N) is 3. The van der Waals surface area contributed by atoms with Gasteiger partial charge in [-0.3, -0.25) is 9.67 Å². The van der Waals surface area contributed by atoms with E-state index >= 15 is 0 Å². The maximum absolute atomic E-state index is 5.74. The Morgan fingerprint density at radius 2 is 2.38 bits per heavy atom. The lowest BCUT2D eigenvalue weighted by atomic mass is 10.2. The lowest BCUT2D eigenvalue weighted by Gasteiger charge is -2.11. The predicted molar refractivity (Wildman–Crippen MR) is 106 cm³/mol. The summed E-state index contributed by atoms with van der Waals surface area (Å²) in [6, 6.07) is 0. The van der Waals surface area contributed by atoms with Crippen molar-refractivity contribution < 1.29 is 9.47 Å². The van der Waals surface area contributed by atoms with Crippen molar-refractivity contribution in [3.8, 4) is 0 Å². The van der Waals surface area contributed by atoms with Crippen LogP contribution in [0.2, 0.25) is 0 Å². The molecule has 1 unspecified atom stereocenters. The molecule has 2 N–H and O–H groups in total. The van der Waals surface area contributed by atoms with E-state index in [2.05, 4.69) is 27.6 Å². The quantitative estimate of drug-likeness (QED) is 0.257. The largest absolute Gasteiger partial charge is 0.379 e. The number of guanidine groups is 1. The molecule has 0 aromatic carbocycles.